The van der Waals surface area contributed by atoms with E-state index in [2.05, 4.69) is 15.6 Å². The maximum Gasteiger partial charge on any atom is 0.251 e. The molecule has 4 N–H and O–H groups in total. The van der Waals surface area contributed by atoms with E-state index in [0.717, 1.165) is 48.2 Å². The normalized spacial score (nSPS) is 13.0. The molecule has 7 nitrogen and oxygen atoms in total. The second-order valence-corrected chi connectivity index (χ2v) is 7.63. The van der Waals surface area contributed by atoms with E-state index in [1.54, 1.807) is 18.3 Å². The maximum atomic E-state index is 12.3. The Morgan fingerprint density at radius 2 is 1.71 bits per heavy atom. The van der Waals surface area contributed by atoms with Crippen molar-refractivity contribution in [1.29, 1.82) is 0 Å². The predicted octanol–water partition coefficient (Wildman–Crippen LogP) is 5.20. The van der Waals surface area contributed by atoms with Crippen molar-refractivity contribution in [2.75, 3.05) is 32.0 Å². The number of hydrogen-bond acceptors (Lipinski definition) is 6. The summed E-state index contributed by atoms with van der Waals surface area (Å²) in [5.41, 5.74) is 6.54. The number of anilines is 1. The number of carbonyl (C=O) groups is 1. The van der Waals surface area contributed by atoms with E-state index in [9.17, 15) is 4.79 Å². The minimum atomic E-state index is -0.0991. The van der Waals surface area contributed by atoms with E-state index < -0.39 is 0 Å². The van der Waals surface area contributed by atoms with Crippen molar-refractivity contribution in [2.45, 2.75) is 53.1 Å². The third-order valence-corrected chi connectivity index (χ3v) is 5.35. The summed E-state index contributed by atoms with van der Waals surface area (Å²) in [4.78, 5) is 16.4. The third kappa shape index (κ3) is 8.76. The van der Waals surface area contributed by atoms with Gasteiger partial charge < -0.3 is 25.8 Å². The highest BCUT2D eigenvalue weighted by atomic mass is 16.5. The first kappa shape index (κ1) is 27.9. The van der Waals surface area contributed by atoms with Gasteiger partial charge in [-0.05, 0) is 80.2 Å². The van der Waals surface area contributed by atoms with E-state index in [0.29, 0.717) is 31.0 Å². The average Bonchev–Trinajstić information content (AvgIpc) is 2.92. The van der Waals surface area contributed by atoms with Gasteiger partial charge in [0.1, 0.15) is 23.4 Å². The third-order valence-electron chi connectivity index (χ3n) is 5.35. The van der Waals surface area contributed by atoms with E-state index >= 15 is 0 Å². The van der Waals surface area contributed by atoms with Gasteiger partial charge in [-0.15, -0.1) is 0 Å². The van der Waals surface area contributed by atoms with Crippen LogP contribution in [0.4, 0.5) is 5.82 Å². The van der Waals surface area contributed by atoms with Crippen molar-refractivity contribution >= 4 is 22.5 Å². The lowest BCUT2D eigenvalue weighted by atomic mass is 10.1. The Hall–Kier alpha value is -3.32. The molecule has 0 bridgehead atoms. The number of piperidine rings is 1. The number of aromatic nitrogens is 1. The molecule has 0 radical (unpaired) electrons. The van der Waals surface area contributed by atoms with Crippen LogP contribution in [0.5, 0.6) is 11.5 Å². The zero-order valence-corrected chi connectivity index (χ0v) is 21.5. The van der Waals surface area contributed by atoms with Crippen LogP contribution in [0.25, 0.3) is 10.8 Å². The molecule has 2 heterocycles. The monoisotopic (exact) mass is 480 g/mol. The SMILES string of the molecule is CC.CC.Nc1nccc2ccc(OCCCNC(=O)c3ccc(OC4CCNCC4)cc3)cc12. The standard InChI is InChI=1S/C24H28N4O3.2C2H6/c25-23-22-16-21(7-2-17(22)8-14-27-23)30-15-1-11-28-24(29)18-3-5-19(6-4-18)31-20-9-12-26-13-10-20;2*1-2/h2-8,14,16,20,26H,1,9-13,15H2,(H2,25,27)(H,28,29);2*1-2H3. The van der Waals surface area contributed by atoms with Crippen molar-refractivity contribution in [3.8, 4) is 11.5 Å². The fraction of sp³-hybridized carbons (Fsp3) is 0.429. The van der Waals surface area contributed by atoms with Crippen molar-refractivity contribution in [3.63, 3.8) is 0 Å². The largest absolute Gasteiger partial charge is 0.494 e. The molecule has 3 aromatic rings. The molecule has 1 saturated heterocycles. The minimum Gasteiger partial charge on any atom is -0.494 e. The average molecular weight is 481 g/mol. The minimum absolute atomic E-state index is 0.0991. The van der Waals surface area contributed by atoms with E-state index in [4.69, 9.17) is 15.2 Å². The molecule has 7 heteroatoms. The van der Waals surface area contributed by atoms with E-state index in [1.807, 2.05) is 64.1 Å². The number of carbonyl (C=O) groups excluding carboxylic acids is 1. The molecule has 1 amide bonds. The van der Waals surface area contributed by atoms with Gasteiger partial charge in [0, 0.05) is 23.7 Å². The molecule has 0 spiro atoms. The zero-order valence-electron chi connectivity index (χ0n) is 21.5. The summed E-state index contributed by atoms with van der Waals surface area (Å²) in [6.07, 6.45) is 4.65. The fourth-order valence-electron chi connectivity index (χ4n) is 3.62. The van der Waals surface area contributed by atoms with Crippen molar-refractivity contribution < 1.29 is 14.3 Å². The number of nitrogens with zero attached hydrogens (tertiary/aromatic N) is 1. The molecule has 2 aromatic carbocycles. The molecule has 4 rings (SSSR count). The van der Waals surface area contributed by atoms with Crippen LogP contribution in [0.2, 0.25) is 0 Å². The lowest BCUT2D eigenvalue weighted by Crippen LogP contribution is -2.34. The quantitative estimate of drug-likeness (QED) is 0.383. The van der Waals surface area contributed by atoms with Crippen LogP contribution < -0.4 is 25.8 Å². The second-order valence-electron chi connectivity index (χ2n) is 7.63. The molecule has 0 unspecified atom stereocenters. The summed E-state index contributed by atoms with van der Waals surface area (Å²) in [5.74, 6) is 1.94. The first-order chi connectivity index (χ1) is 17.2. The summed E-state index contributed by atoms with van der Waals surface area (Å²) in [6, 6.07) is 15.0. The number of ether oxygens (including phenoxy) is 2. The summed E-state index contributed by atoms with van der Waals surface area (Å²) in [7, 11) is 0. The van der Waals surface area contributed by atoms with Crippen LogP contribution in [0.3, 0.4) is 0 Å². The number of hydrogen-bond donors (Lipinski definition) is 3. The number of rotatable bonds is 8. The van der Waals surface area contributed by atoms with Crippen LogP contribution >= 0.6 is 0 Å². The van der Waals surface area contributed by atoms with Crippen LogP contribution in [-0.4, -0.2) is 43.2 Å². The Bertz CT molecular complexity index is 1020. The molecular formula is C28H40N4O3. The van der Waals surface area contributed by atoms with Crippen LogP contribution in [0.1, 0.15) is 57.3 Å². The van der Waals surface area contributed by atoms with Crippen molar-refractivity contribution in [1.82, 2.24) is 15.6 Å². The van der Waals surface area contributed by atoms with Gasteiger partial charge in [0.2, 0.25) is 0 Å². The van der Waals surface area contributed by atoms with Gasteiger partial charge in [0.25, 0.3) is 5.91 Å². The molecular weight excluding hydrogens is 440 g/mol. The number of fused-ring (bicyclic) bond motifs is 1. The highest BCUT2D eigenvalue weighted by Crippen LogP contribution is 2.24. The lowest BCUT2D eigenvalue weighted by Gasteiger charge is -2.23. The van der Waals surface area contributed by atoms with Gasteiger partial charge in [-0.3, -0.25) is 4.79 Å². The highest BCUT2D eigenvalue weighted by molar-refractivity contribution is 5.94. The molecule has 1 fully saturated rings. The van der Waals surface area contributed by atoms with Crippen LogP contribution in [0.15, 0.2) is 54.7 Å². The number of amides is 1. The van der Waals surface area contributed by atoms with Gasteiger partial charge >= 0.3 is 0 Å². The molecule has 0 aliphatic carbocycles. The smallest absolute Gasteiger partial charge is 0.251 e. The van der Waals surface area contributed by atoms with Gasteiger partial charge in [-0.25, -0.2) is 4.98 Å². The zero-order chi connectivity index (χ0) is 25.5. The number of nitrogens with one attached hydrogen (secondary N) is 2. The highest BCUT2D eigenvalue weighted by Gasteiger charge is 2.14. The summed E-state index contributed by atoms with van der Waals surface area (Å²) >= 11 is 0. The molecule has 0 saturated carbocycles. The Morgan fingerprint density at radius 1 is 1.03 bits per heavy atom. The Labute approximate surface area is 209 Å². The van der Waals surface area contributed by atoms with Gasteiger partial charge in [0.05, 0.1) is 6.61 Å². The van der Waals surface area contributed by atoms with Gasteiger partial charge in [-0.1, -0.05) is 33.8 Å². The molecule has 35 heavy (non-hydrogen) atoms. The van der Waals surface area contributed by atoms with E-state index in [1.165, 1.54) is 0 Å². The van der Waals surface area contributed by atoms with Crippen LogP contribution in [-0.2, 0) is 0 Å². The van der Waals surface area contributed by atoms with Gasteiger partial charge in [0.15, 0.2) is 0 Å². The fourth-order valence-corrected chi connectivity index (χ4v) is 3.62. The summed E-state index contributed by atoms with van der Waals surface area (Å²) in [5, 5.41) is 8.15. The number of nitrogens with two attached hydrogens (primary N) is 1. The molecule has 1 aromatic heterocycles. The predicted molar refractivity (Wildman–Crippen MR) is 144 cm³/mol. The number of pyridine rings is 1. The Balaban J connectivity index is 0.00000103. The van der Waals surface area contributed by atoms with E-state index in [-0.39, 0.29) is 12.0 Å². The van der Waals surface area contributed by atoms with Crippen molar-refractivity contribution in [2.24, 2.45) is 0 Å². The second kappa shape index (κ2) is 15.6. The van der Waals surface area contributed by atoms with Gasteiger partial charge in [-0.2, -0.15) is 0 Å². The van der Waals surface area contributed by atoms with Crippen LogP contribution in [0, 0.1) is 0 Å². The Kier molecular flexibility index (Phi) is 12.4. The number of benzene rings is 2. The lowest BCUT2D eigenvalue weighted by molar-refractivity contribution is 0.0951. The topological polar surface area (TPSA) is 98.5 Å². The molecule has 190 valence electrons. The molecule has 0 atom stereocenters. The summed E-state index contributed by atoms with van der Waals surface area (Å²) < 4.78 is 11.8. The first-order valence-corrected chi connectivity index (χ1v) is 12.7. The molecule has 1 aliphatic rings. The molecule has 1 aliphatic heterocycles. The Morgan fingerprint density at radius 3 is 2.43 bits per heavy atom. The number of nitrogen functional groups attached to an aromatic ring is 1. The maximum absolute atomic E-state index is 12.3. The summed E-state index contributed by atoms with van der Waals surface area (Å²) in [6.45, 7) is 11.0. The first-order valence-electron chi connectivity index (χ1n) is 12.7. The van der Waals surface area contributed by atoms with Crippen molar-refractivity contribution in [3.05, 3.63) is 60.3 Å².